The van der Waals surface area contributed by atoms with E-state index in [4.69, 9.17) is 0 Å². The van der Waals surface area contributed by atoms with Crippen molar-refractivity contribution >= 4 is 17.1 Å². The van der Waals surface area contributed by atoms with Crippen LogP contribution in [-0.4, -0.2) is 6.04 Å². The summed E-state index contributed by atoms with van der Waals surface area (Å²) in [7, 11) is 0. The molecule has 2 rings (SSSR count). The first-order valence-electron chi connectivity index (χ1n) is 7.44. The number of para-hydroxylation sites is 1. The van der Waals surface area contributed by atoms with Crippen LogP contribution in [0.25, 0.3) is 0 Å². The monoisotopic (exact) mass is 268 g/mol. The molecule has 20 heavy (non-hydrogen) atoms. The Labute approximate surface area is 122 Å². The molecule has 0 aliphatic heterocycles. The minimum absolute atomic E-state index is 0.509. The number of rotatable bonds is 6. The lowest BCUT2D eigenvalue weighted by molar-refractivity contribution is 0.764. The second-order valence-electron chi connectivity index (χ2n) is 5.17. The molecule has 0 amide bonds. The summed E-state index contributed by atoms with van der Waals surface area (Å²) in [5.74, 6) is 0. The van der Waals surface area contributed by atoms with Crippen LogP contribution in [0, 0.1) is 0 Å². The number of hydrogen-bond donors (Lipinski definition) is 2. The van der Waals surface area contributed by atoms with Gasteiger partial charge in [0, 0.05) is 23.1 Å². The van der Waals surface area contributed by atoms with Gasteiger partial charge in [0.05, 0.1) is 0 Å². The van der Waals surface area contributed by atoms with Gasteiger partial charge >= 0.3 is 0 Å². The van der Waals surface area contributed by atoms with Gasteiger partial charge in [-0.15, -0.1) is 0 Å². The van der Waals surface area contributed by atoms with Crippen molar-refractivity contribution in [3.63, 3.8) is 0 Å². The molecule has 2 nitrogen and oxygen atoms in total. The van der Waals surface area contributed by atoms with Gasteiger partial charge in [0.1, 0.15) is 0 Å². The maximum Gasteiger partial charge on any atom is 0.0416 e. The normalized spacial score (nSPS) is 11.9. The van der Waals surface area contributed by atoms with Crippen LogP contribution >= 0.6 is 0 Å². The first-order valence-corrected chi connectivity index (χ1v) is 7.44. The highest BCUT2D eigenvalue weighted by atomic mass is 14.9. The van der Waals surface area contributed by atoms with Crippen molar-refractivity contribution < 1.29 is 0 Å². The van der Waals surface area contributed by atoms with E-state index in [9.17, 15) is 0 Å². The largest absolute Gasteiger partial charge is 0.383 e. The Balaban J connectivity index is 2.07. The van der Waals surface area contributed by atoms with Crippen LogP contribution in [-0.2, 0) is 6.42 Å². The first kappa shape index (κ1) is 14.4. The van der Waals surface area contributed by atoms with Crippen molar-refractivity contribution in [2.24, 2.45) is 0 Å². The summed E-state index contributed by atoms with van der Waals surface area (Å²) in [5.41, 5.74) is 4.83. The van der Waals surface area contributed by atoms with Gasteiger partial charge < -0.3 is 10.6 Å². The van der Waals surface area contributed by atoms with E-state index in [0.717, 1.165) is 18.5 Å². The number of anilines is 3. The van der Waals surface area contributed by atoms with E-state index in [1.165, 1.54) is 16.9 Å². The topological polar surface area (TPSA) is 24.1 Å². The lowest BCUT2D eigenvalue weighted by Crippen LogP contribution is -2.13. The lowest BCUT2D eigenvalue weighted by Gasteiger charge is -2.14. The van der Waals surface area contributed by atoms with Gasteiger partial charge in [0.15, 0.2) is 0 Å². The van der Waals surface area contributed by atoms with Crippen molar-refractivity contribution in [1.29, 1.82) is 0 Å². The zero-order chi connectivity index (χ0) is 14.4. The zero-order valence-corrected chi connectivity index (χ0v) is 12.6. The highest BCUT2D eigenvalue weighted by Gasteiger charge is 2.01. The van der Waals surface area contributed by atoms with Crippen LogP contribution in [0.4, 0.5) is 17.1 Å². The Morgan fingerprint density at radius 2 is 1.55 bits per heavy atom. The third kappa shape index (κ3) is 3.77. The average Bonchev–Trinajstić information content (AvgIpc) is 2.49. The minimum atomic E-state index is 0.509. The molecule has 2 N–H and O–H groups in total. The highest BCUT2D eigenvalue weighted by molar-refractivity contribution is 5.65. The third-order valence-corrected chi connectivity index (χ3v) is 3.59. The SMILES string of the molecule is CCc1ccccc1Nc1ccc(NC(C)CC)cc1. The van der Waals surface area contributed by atoms with E-state index in [1.54, 1.807) is 0 Å². The molecule has 0 saturated carbocycles. The van der Waals surface area contributed by atoms with E-state index in [0.29, 0.717) is 6.04 Å². The standard InChI is InChI=1S/C18H24N2/c1-4-14(3)19-16-10-12-17(13-11-16)20-18-9-7-6-8-15(18)5-2/h6-14,19-20H,4-5H2,1-3H3. The Kier molecular flexibility index (Phi) is 5.05. The molecule has 0 fully saturated rings. The molecule has 2 aromatic carbocycles. The second-order valence-corrected chi connectivity index (χ2v) is 5.17. The molecule has 0 spiro atoms. The van der Waals surface area contributed by atoms with E-state index in [-0.39, 0.29) is 0 Å². The molecule has 2 aromatic rings. The quantitative estimate of drug-likeness (QED) is 0.752. The predicted molar refractivity (Wildman–Crippen MR) is 88.9 cm³/mol. The Bertz CT molecular complexity index is 531. The van der Waals surface area contributed by atoms with E-state index in [2.05, 4.69) is 79.9 Å². The molecule has 0 heterocycles. The van der Waals surface area contributed by atoms with Crippen molar-refractivity contribution in [3.05, 3.63) is 54.1 Å². The molecule has 1 unspecified atom stereocenters. The fourth-order valence-corrected chi connectivity index (χ4v) is 2.14. The fourth-order valence-electron chi connectivity index (χ4n) is 2.14. The van der Waals surface area contributed by atoms with E-state index in [1.807, 2.05) is 0 Å². The summed E-state index contributed by atoms with van der Waals surface area (Å²) in [6, 6.07) is 17.5. The van der Waals surface area contributed by atoms with Crippen molar-refractivity contribution in [2.75, 3.05) is 10.6 Å². The molecule has 1 atom stereocenters. The number of hydrogen-bond acceptors (Lipinski definition) is 2. The van der Waals surface area contributed by atoms with Gasteiger partial charge in [-0.2, -0.15) is 0 Å². The maximum atomic E-state index is 3.49. The molecular formula is C18H24N2. The predicted octanol–water partition coefficient (Wildman–Crippen LogP) is 5.20. The fraction of sp³-hybridized carbons (Fsp3) is 0.333. The summed E-state index contributed by atoms with van der Waals surface area (Å²) >= 11 is 0. The van der Waals surface area contributed by atoms with Gasteiger partial charge in [0.2, 0.25) is 0 Å². The van der Waals surface area contributed by atoms with Gasteiger partial charge in [0.25, 0.3) is 0 Å². The molecular weight excluding hydrogens is 244 g/mol. The average molecular weight is 268 g/mol. The minimum Gasteiger partial charge on any atom is -0.383 e. The summed E-state index contributed by atoms with van der Waals surface area (Å²) in [6.45, 7) is 6.57. The number of aryl methyl sites for hydroxylation is 1. The van der Waals surface area contributed by atoms with Gasteiger partial charge in [-0.1, -0.05) is 32.0 Å². The molecule has 0 aromatic heterocycles. The van der Waals surface area contributed by atoms with Crippen LogP contribution in [0.1, 0.15) is 32.8 Å². The third-order valence-electron chi connectivity index (χ3n) is 3.59. The summed E-state index contributed by atoms with van der Waals surface area (Å²) in [5, 5.41) is 6.97. The lowest BCUT2D eigenvalue weighted by atomic mass is 10.1. The van der Waals surface area contributed by atoms with E-state index < -0.39 is 0 Å². The molecule has 0 radical (unpaired) electrons. The Morgan fingerprint density at radius 3 is 2.20 bits per heavy atom. The number of nitrogens with one attached hydrogen (secondary N) is 2. The van der Waals surface area contributed by atoms with Gasteiger partial charge in [-0.25, -0.2) is 0 Å². The first-order chi connectivity index (χ1) is 9.72. The Hall–Kier alpha value is -1.96. The number of benzene rings is 2. The molecule has 0 saturated heterocycles. The van der Waals surface area contributed by atoms with Gasteiger partial charge in [-0.3, -0.25) is 0 Å². The summed E-state index contributed by atoms with van der Waals surface area (Å²) < 4.78 is 0. The van der Waals surface area contributed by atoms with E-state index >= 15 is 0 Å². The van der Waals surface area contributed by atoms with Gasteiger partial charge in [-0.05, 0) is 55.7 Å². The zero-order valence-electron chi connectivity index (χ0n) is 12.6. The molecule has 0 aliphatic rings. The van der Waals surface area contributed by atoms with Crippen LogP contribution in [0.15, 0.2) is 48.5 Å². The van der Waals surface area contributed by atoms with Crippen LogP contribution in [0.3, 0.4) is 0 Å². The van der Waals surface area contributed by atoms with Crippen molar-refractivity contribution in [1.82, 2.24) is 0 Å². The van der Waals surface area contributed by atoms with Crippen LogP contribution < -0.4 is 10.6 Å². The summed E-state index contributed by atoms with van der Waals surface area (Å²) in [4.78, 5) is 0. The summed E-state index contributed by atoms with van der Waals surface area (Å²) in [6.07, 6.45) is 2.17. The molecule has 0 bridgehead atoms. The smallest absolute Gasteiger partial charge is 0.0416 e. The second kappa shape index (κ2) is 6.99. The van der Waals surface area contributed by atoms with Crippen molar-refractivity contribution in [3.8, 4) is 0 Å². The van der Waals surface area contributed by atoms with Crippen LogP contribution in [0.2, 0.25) is 0 Å². The highest BCUT2D eigenvalue weighted by Crippen LogP contribution is 2.22. The molecule has 2 heteroatoms. The Morgan fingerprint density at radius 1 is 0.900 bits per heavy atom. The molecule has 0 aliphatic carbocycles. The van der Waals surface area contributed by atoms with Crippen LogP contribution in [0.5, 0.6) is 0 Å². The molecule has 106 valence electrons. The maximum absolute atomic E-state index is 3.49. The van der Waals surface area contributed by atoms with Crippen molar-refractivity contribution in [2.45, 2.75) is 39.7 Å².